The third kappa shape index (κ3) is 4.69. The van der Waals surface area contributed by atoms with Crippen molar-refractivity contribution >= 4 is 5.82 Å². The zero-order chi connectivity index (χ0) is 12.7. The van der Waals surface area contributed by atoms with Crippen molar-refractivity contribution in [1.29, 1.82) is 0 Å². The maximum absolute atomic E-state index is 4.25. The van der Waals surface area contributed by atoms with Gasteiger partial charge in [0.2, 0.25) is 0 Å². The second-order valence-corrected chi connectivity index (χ2v) is 4.56. The maximum atomic E-state index is 4.25. The van der Waals surface area contributed by atoms with Gasteiger partial charge in [-0.3, -0.25) is 0 Å². The van der Waals surface area contributed by atoms with Crippen molar-refractivity contribution in [3.8, 4) is 0 Å². The first kappa shape index (κ1) is 13.9. The Kier molecular flexibility index (Phi) is 5.91. The van der Waals surface area contributed by atoms with Gasteiger partial charge in [0.05, 0.1) is 5.69 Å². The topological polar surface area (TPSA) is 41.0 Å². The number of rotatable bonds is 7. The van der Waals surface area contributed by atoms with E-state index in [4.69, 9.17) is 0 Å². The van der Waals surface area contributed by atoms with E-state index in [1.165, 1.54) is 6.42 Å². The Hall–Kier alpha value is -1.16. The lowest BCUT2D eigenvalue weighted by Crippen LogP contribution is -2.25. The summed E-state index contributed by atoms with van der Waals surface area (Å²) in [4.78, 5) is 2.16. The number of aromatic nitrogens is 2. The van der Waals surface area contributed by atoms with Crippen molar-refractivity contribution in [2.75, 3.05) is 25.0 Å². The number of anilines is 1. The van der Waals surface area contributed by atoms with Crippen LogP contribution in [-0.2, 0) is 6.54 Å². The molecule has 1 aromatic heterocycles. The molecule has 0 saturated carbocycles. The molecule has 0 radical (unpaired) electrons. The van der Waals surface area contributed by atoms with E-state index in [1.807, 2.05) is 12.1 Å². The quantitative estimate of drug-likeness (QED) is 0.787. The van der Waals surface area contributed by atoms with Crippen molar-refractivity contribution in [2.45, 2.75) is 33.7 Å². The maximum Gasteiger partial charge on any atom is 0.150 e. The lowest BCUT2D eigenvalue weighted by molar-refractivity contribution is 0.556. The van der Waals surface area contributed by atoms with Crippen LogP contribution in [0.5, 0.6) is 0 Å². The lowest BCUT2D eigenvalue weighted by Gasteiger charge is -2.21. The first-order valence-corrected chi connectivity index (χ1v) is 6.41. The first-order valence-electron chi connectivity index (χ1n) is 6.41. The van der Waals surface area contributed by atoms with Crippen LogP contribution in [-0.4, -0.2) is 30.3 Å². The van der Waals surface area contributed by atoms with Crippen LogP contribution in [0.25, 0.3) is 0 Å². The van der Waals surface area contributed by atoms with Gasteiger partial charge in [0.1, 0.15) is 0 Å². The summed E-state index contributed by atoms with van der Waals surface area (Å²) in [5.74, 6) is 1.63. The van der Waals surface area contributed by atoms with Crippen LogP contribution in [0.2, 0.25) is 0 Å². The van der Waals surface area contributed by atoms with E-state index in [2.05, 4.69) is 48.2 Å². The van der Waals surface area contributed by atoms with Gasteiger partial charge < -0.3 is 10.2 Å². The molecule has 0 amide bonds. The second kappa shape index (κ2) is 7.22. The van der Waals surface area contributed by atoms with Crippen molar-refractivity contribution in [3.63, 3.8) is 0 Å². The van der Waals surface area contributed by atoms with E-state index < -0.39 is 0 Å². The summed E-state index contributed by atoms with van der Waals surface area (Å²) in [5, 5.41) is 11.7. The molecule has 1 aromatic rings. The molecular weight excluding hydrogens is 212 g/mol. The van der Waals surface area contributed by atoms with Gasteiger partial charge in [-0.15, -0.1) is 5.10 Å². The van der Waals surface area contributed by atoms with Crippen molar-refractivity contribution < 1.29 is 0 Å². The average Bonchev–Trinajstić information content (AvgIpc) is 2.36. The van der Waals surface area contributed by atoms with Gasteiger partial charge in [-0.2, -0.15) is 5.10 Å². The van der Waals surface area contributed by atoms with E-state index >= 15 is 0 Å². The molecule has 0 saturated heterocycles. The lowest BCUT2D eigenvalue weighted by atomic mass is 10.1. The van der Waals surface area contributed by atoms with Crippen LogP contribution < -0.4 is 10.2 Å². The molecule has 0 fully saturated rings. The fourth-order valence-electron chi connectivity index (χ4n) is 1.59. The van der Waals surface area contributed by atoms with E-state index in [1.54, 1.807) is 0 Å². The van der Waals surface area contributed by atoms with Crippen molar-refractivity contribution in [2.24, 2.45) is 5.92 Å². The van der Waals surface area contributed by atoms with E-state index in [0.717, 1.165) is 31.1 Å². The zero-order valence-corrected chi connectivity index (χ0v) is 11.4. The zero-order valence-electron chi connectivity index (χ0n) is 11.4. The highest BCUT2D eigenvalue weighted by Gasteiger charge is 2.07. The summed E-state index contributed by atoms with van der Waals surface area (Å²) < 4.78 is 0. The van der Waals surface area contributed by atoms with Gasteiger partial charge in [-0.25, -0.2) is 0 Å². The van der Waals surface area contributed by atoms with Gasteiger partial charge in [0.15, 0.2) is 5.82 Å². The smallest absolute Gasteiger partial charge is 0.150 e. The van der Waals surface area contributed by atoms with Crippen LogP contribution in [0.15, 0.2) is 12.1 Å². The van der Waals surface area contributed by atoms with Gasteiger partial charge in [-0.1, -0.05) is 27.2 Å². The largest absolute Gasteiger partial charge is 0.358 e. The molecule has 0 aromatic carbocycles. The summed E-state index contributed by atoms with van der Waals surface area (Å²) in [6.45, 7) is 9.32. The molecule has 1 unspecified atom stereocenters. The molecule has 96 valence electrons. The Bertz CT molecular complexity index is 310. The monoisotopic (exact) mass is 236 g/mol. The van der Waals surface area contributed by atoms with E-state index in [9.17, 15) is 0 Å². The Morgan fingerprint density at radius 1 is 1.29 bits per heavy atom. The minimum atomic E-state index is 0.684. The molecule has 0 aliphatic rings. The van der Waals surface area contributed by atoms with Gasteiger partial charge in [0.25, 0.3) is 0 Å². The predicted molar refractivity (Wildman–Crippen MR) is 72.1 cm³/mol. The molecule has 1 atom stereocenters. The predicted octanol–water partition coefficient (Wildman–Crippen LogP) is 2.07. The summed E-state index contributed by atoms with van der Waals surface area (Å²) >= 11 is 0. The number of hydrogen-bond donors (Lipinski definition) is 1. The molecule has 17 heavy (non-hydrogen) atoms. The van der Waals surface area contributed by atoms with Crippen LogP contribution in [0.3, 0.4) is 0 Å². The van der Waals surface area contributed by atoms with E-state index in [0.29, 0.717) is 5.92 Å². The molecule has 0 bridgehead atoms. The number of nitrogens with one attached hydrogen (secondary N) is 1. The normalized spacial score (nSPS) is 12.5. The van der Waals surface area contributed by atoms with Crippen molar-refractivity contribution in [1.82, 2.24) is 15.5 Å². The third-order valence-corrected chi connectivity index (χ3v) is 2.94. The van der Waals surface area contributed by atoms with Crippen LogP contribution in [0.4, 0.5) is 5.82 Å². The molecule has 1 rings (SSSR count). The molecule has 4 nitrogen and oxygen atoms in total. The number of nitrogens with zero attached hydrogens (tertiary/aromatic N) is 3. The Balaban J connectivity index is 2.54. The van der Waals surface area contributed by atoms with Crippen LogP contribution >= 0.6 is 0 Å². The molecule has 1 heterocycles. The van der Waals surface area contributed by atoms with Gasteiger partial charge in [-0.05, 0) is 24.6 Å². The summed E-state index contributed by atoms with van der Waals surface area (Å²) in [6, 6.07) is 4.08. The SMILES string of the molecule is CCNCc1ccc(N(C)CC(C)CC)nn1. The van der Waals surface area contributed by atoms with Crippen LogP contribution in [0, 0.1) is 5.92 Å². The minimum absolute atomic E-state index is 0.684. The summed E-state index contributed by atoms with van der Waals surface area (Å²) in [7, 11) is 2.07. The minimum Gasteiger partial charge on any atom is -0.358 e. The Labute approximate surface area is 104 Å². The summed E-state index contributed by atoms with van der Waals surface area (Å²) in [6.07, 6.45) is 1.19. The fraction of sp³-hybridized carbons (Fsp3) is 0.692. The van der Waals surface area contributed by atoms with Gasteiger partial charge >= 0.3 is 0 Å². The Morgan fingerprint density at radius 2 is 2.06 bits per heavy atom. The second-order valence-electron chi connectivity index (χ2n) is 4.56. The molecule has 0 aliphatic heterocycles. The molecule has 4 heteroatoms. The standard InChI is InChI=1S/C13H24N4/c1-5-11(3)10-17(4)13-8-7-12(15-16-13)9-14-6-2/h7-8,11,14H,5-6,9-10H2,1-4H3. The third-order valence-electron chi connectivity index (χ3n) is 2.94. The molecule has 0 spiro atoms. The van der Waals surface area contributed by atoms with Crippen LogP contribution in [0.1, 0.15) is 32.9 Å². The Morgan fingerprint density at radius 3 is 2.59 bits per heavy atom. The molecule has 0 aliphatic carbocycles. The molecular formula is C13H24N4. The molecule has 1 N–H and O–H groups in total. The number of hydrogen-bond acceptors (Lipinski definition) is 4. The highest BCUT2D eigenvalue weighted by molar-refractivity contribution is 5.36. The highest BCUT2D eigenvalue weighted by atomic mass is 15.2. The summed E-state index contributed by atoms with van der Waals surface area (Å²) in [5.41, 5.74) is 0.993. The highest BCUT2D eigenvalue weighted by Crippen LogP contribution is 2.11. The van der Waals surface area contributed by atoms with Crippen molar-refractivity contribution in [3.05, 3.63) is 17.8 Å². The first-order chi connectivity index (χ1) is 8.17. The van der Waals surface area contributed by atoms with Gasteiger partial charge in [0, 0.05) is 20.1 Å². The fourth-order valence-corrected chi connectivity index (χ4v) is 1.59. The van der Waals surface area contributed by atoms with E-state index in [-0.39, 0.29) is 0 Å². The average molecular weight is 236 g/mol.